The first-order valence-corrected chi connectivity index (χ1v) is 10.8. The van der Waals surface area contributed by atoms with E-state index in [1.807, 2.05) is 5.32 Å². The fraction of sp³-hybridized carbons (Fsp3) is 0.810. The fourth-order valence-corrected chi connectivity index (χ4v) is 3.15. The number of aliphatic carboxylic acids is 3. The van der Waals surface area contributed by atoms with E-state index in [1.54, 1.807) is 0 Å². The first-order chi connectivity index (χ1) is 13.8. The third-order valence-electron chi connectivity index (χ3n) is 4.84. The van der Waals surface area contributed by atoms with Gasteiger partial charge < -0.3 is 20.6 Å². The van der Waals surface area contributed by atoms with Crippen LogP contribution in [0.15, 0.2) is 0 Å². The summed E-state index contributed by atoms with van der Waals surface area (Å²) in [5.74, 6) is -4.38. The van der Waals surface area contributed by atoms with Crippen molar-refractivity contribution in [2.45, 2.75) is 109 Å². The molecule has 0 bridgehead atoms. The minimum absolute atomic E-state index is 0.146. The molecule has 0 unspecified atom stereocenters. The molecule has 0 fully saturated rings. The van der Waals surface area contributed by atoms with Gasteiger partial charge in [0.2, 0.25) is 11.9 Å². The van der Waals surface area contributed by atoms with E-state index in [1.165, 1.54) is 44.9 Å². The number of hydrogen-bond donors (Lipinski definition) is 4. The van der Waals surface area contributed by atoms with Gasteiger partial charge in [-0.25, -0.2) is 9.59 Å². The first-order valence-electron chi connectivity index (χ1n) is 10.8. The number of nitrogens with one attached hydrogen (secondary N) is 1. The van der Waals surface area contributed by atoms with Crippen LogP contribution in [-0.2, 0) is 19.2 Å². The van der Waals surface area contributed by atoms with Crippen LogP contribution in [0.3, 0.4) is 0 Å². The number of unbranched alkanes of at least 4 members (excludes halogenated alkanes) is 13. The van der Waals surface area contributed by atoms with Crippen molar-refractivity contribution in [2.75, 3.05) is 0 Å². The second-order valence-corrected chi connectivity index (χ2v) is 7.52. The van der Waals surface area contributed by atoms with Gasteiger partial charge >= 0.3 is 17.9 Å². The molecule has 0 atom stereocenters. The van der Waals surface area contributed by atoms with Gasteiger partial charge in [-0.15, -0.1) is 0 Å². The van der Waals surface area contributed by atoms with Crippen molar-refractivity contribution in [3.8, 4) is 0 Å². The smallest absolute Gasteiger partial charge is 0.338 e. The summed E-state index contributed by atoms with van der Waals surface area (Å²) < 4.78 is 0. The molecule has 29 heavy (non-hydrogen) atoms. The van der Waals surface area contributed by atoms with Crippen molar-refractivity contribution in [1.29, 1.82) is 0 Å². The lowest BCUT2D eigenvalue weighted by Crippen LogP contribution is -2.46. The number of carbonyl (C=O) groups excluding carboxylic acids is 1. The van der Waals surface area contributed by atoms with Crippen LogP contribution >= 0.6 is 0 Å². The standard InChI is InChI=1S/C21H37NO7/c23-17(22-19(20(26)27)21(28)29)15-13-11-9-7-5-3-1-2-4-6-8-10-12-14-16-18(24)25/h19H,1-16H2,(H,22,23)(H,24,25)(H,26,27)(H,28,29). The number of carboxylic acid groups (broad SMARTS) is 3. The minimum Gasteiger partial charge on any atom is -0.481 e. The molecule has 0 saturated heterocycles. The molecule has 1 amide bonds. The summed E-state index contributed by atoms with van der Waals surface area (Å²) in [6.45, 7) is 0. The van der Waals surface area contributed by atoms with Gasteiger partial charge in [0.05, 0.1) is 0 Å². The van der Waals surface area contributed by atoms with E-state index >= 15 is 0 Å². The average molecular weight is 416 g/mol. The number of rotatable bonds is 20. The molecule has 0 aromatic heterocycles. The van der Waals surface area contributed by atoms with Crippen molar-refractivity contribution in [1.82, 2.24) is 5.32 Å². The molecule has 0 aromatic rings. The van der Waals surface area contributed by atoms with Crippen LogP contribution in [0.5, 0.6) is 0 Å². The Hall–Kier alpha value is -2.12. The Morgan fingerprint density at radius 1 is 0.517 bits per heavy atom. The van der Waals surface area contributed by atoms with Gasteiger partial charge in [0.1, 0.15) is 0 Å². The third-order valence-corrected chi connectivity index (χ3v) is 4.84. The molecule has 0 aliphatic carbocycles. The lowest BCUT2D eigenvalue weighted by molar-refractivity contribution is -0.153. The molecule has 0 rings (SSSR count). The van der Waals surface area contributed by atoms with Crippen LogP contribution in [-0.4, -0.2) is 45.2 Å². The van der Waals surface area contributed by atoms with Gasteiger partial charge in [0.25, 0.3) is 0 Å². The highest BCUT2D eigenvalue weighted by Gasteiger charge is 2.27. The lowest BCUT2D eigenvalue weighted by atomic mass is 10.0. The summed E-state index contributed by atoms with van der Waals surface area (Å²) in [7, 11) is 0. The molecule has 0 heterocycles. The largest absolute Gasteiger partial charge is 0.481 e. The van der Waals surface area contributed by atoms with Gasteiger partial charge in [0.15, 0.2) is 0 Å². The van der Waals surface area contributed by atoms with Crippen LogP contribution < -0.4 is 5.32 Å². The Balaban J connectivity index is 3.35. The van der Waals surface area contributed by atoms with E-state index in [0.717, 1.165) is 38.5 Å². The Morgan fingerprint density at radius 3 is 1.14 bits per heavy atom. The predicted octanol–water partition coefficient (Wildman–Crippen LogP) is 3.97. The van der Waals surface area contributed by atoms with Crippen LogP contribution in [0.25, 0.3) is 0 Å². The monoisotopic (exact) mass is 415 g/mol. The van der Waals surface area contributed by atoms with Crippen LogP contribution in [0, 0.1) is 0 Å². The number of carboxylic acids is 3. The van der Waals surface area contributed by atoms with Crippen LogP contribution in [0.4, 0.5) is 0 Å². The quantitative estimate of drug-likeness (QED) is 0.174. The summed E-state index contributed by atoms with van der Waals surface area (Å²) in [5, 5.41) is 28.0. The maximum absolute atomic E-state index is 11.6. The predicted molar refractivity (Wildman–Crippen MR) is 109 cm³/mol. The topological polar surface area (TPSA) is 141 Å². The van der Waals surface area contributed by atoms with Crippen molar-refractivity contribution < 1.29 is 34.5 Å². The molecule has 0 aromatic carbocycles. The minimum atomic E-state index is -1.88. The number of amides is 1. The Morgan fingerprint density at radius 2 is 0.828 bits per heavy atom. The molecule has 0 saturated carbocycles. The van der Waals surface area contributed by atoms with Gasteiger partial charge in [-0.1, -0.05) is 77.0 Å². The number of carbonyl (C=O) groups is 4. The van der Waals surface area contributed by atoms with Gasteiger partial charge in [-0.05, 0) is 12.8 Å². The van der Waals surface area contributed by atoms with E-state index in [9.17, 15) is 19.2 Å². The zero-order chi connectivity index (χ0) is 21.9. The van der Waals surface area contributed by atoms with E-state index in [0.29, 0.717) is 6.42 Å². The summed E-state index contributed by atoms with van der Waals surface area (Å²) in [6, 6.07) is -1.88. The molecule has 0 spiro atoms. The molecule has 0 aliphatic rings. The Labute approximate surface area is 173 Å². The average Bonchev–Trinajstić information content (AvgIpc) is 2.65. The third kappa shape index (κ3) is 17.7. The summed E-state index contributed by atoms with van der Waals surface area (Å²) >= 11 is 0. The second-order valence-electron chi connectivity index (χ2n) is 7.52. The SMILES string of the molecule is O=C(O)CCCCCCCCCCCCCCCCC(=O)NC(C(=O)O)C(=O)O. The normalized spacial score (nSPS) is 10.8. The Kier molecular flexibility index (Phi) is 16.6. The molecule has 168 valence electrons. The molecule has 0 aliphatic heterocycles. The van der Waals surface area contributed by atoms with Gasteiger partial charge in [-0.2, -0.15) is 0 Å². The van der Waals surface area contributed by atoms with Crippen molar-refractivity contribution in [2.24, 2.45) is 0 Å². The Bertz CT molecular complexity index is 479. The summed E-state index contributed by atoms with van der Waals surface area (Å²) in [4.78, 5) is 43.3. The van der Waals surface area contributed by atoms with Crippen molar-refractivity contribution in [3.63, 3.8) is 0 Å². The van der Waals surface area contributed by atoms with Gasteiger partial charge in [0, 0.05) is 12.8 Å². The maximum atomic E-state index is 11.6. The van der Waals surface area contributed by atoms with Crippen molar-refractivity contribution in [3.05, 3.63) is 0 Å². The molecule has 8 heteroatoms. The van der Waals surface area contributed by atoms with Crippen molar-refractivity contribution >= 4 is 23.8 Å². The molecule has 8 nitrogen and oxygen atoms in total. The first kappa shape index (κ1) is 26.9. The highest BCUT2D eigenvalue weighted by Crippen LogP contribution is 2.13. The molecular weight excluding hydrogens is 378 g/mol. The van der Waals surface area contributed by atoms with E-state index in [2.05, 4.69) is 0 Å². The molecular formula is C21H37NO7. The lowest BCUT2D eigenvalue weighted by Gasteiger charge is -2.09. The van der Waals surface area contributed by atoms with Crippen LogP contribution in [0.2, 0.25) is 0 Å². The van der Waals surface area contributed by atoms with Gasteiger partial charge in [-0.3, -0.25) is 9.59 Å². The summed E-state index contributed by atoms with van der Waals surface area (Å²) in [6.07, 6.45) is 15.5. The molecule has 0 radical (unpaired) electrons. The molecule has 4 N–H and O–H groups in total. The highest BCUT2D eigenvalue weighted by molar-refractivity contribution is 6.00. The zero-order valence-electron chi connectivity index (χ0n) is 17.4. The zero-order valence-corrected chi connectivity index (χ0v) is 17.4. The highest BCUT2D eigenvalue weighted by atomic mass is 16.4. The van der Waals surface area contributed by atoms with E-state index < -0.39 is 29.9 Å². The second kappa shape index (κ2) is 17.9. The van der Waals surface area contributed by atoms with E-state index in [4.69, 9.17) is 15.3 Å². The maximum Gasteiger partial charge on any atom is 0.338 e. The number of hydrogen-bond acceptors (Lipinski definition) is 4. The van der Waals surface area contributed by atoms with E-state index in [-0.39, 0.29) is 12.8 Å². The summed E-state index contributed by atoms with van der Waals surface area (Å²) in [5.41, 5.74) is 0. The fourth-order valence-electron chi connectivity index (χ4n) is 3.15. The van der Waals surface area contributed by atoms with Crippen LogP contribution in [0.1, 0.15) is 103 Å².